The molecular formula is C25H17BrN2O2. The van der Waals surface area contributed by atoms with Crippen molar-refractivity contribution in [2.45, 2.75) is 6.54 Å². The number of hydrogen-bond acceptors (Lipinski definition) is 2. The van der Waals surface area contributed by atoms with Gasteiger partial charge in [0.1, 0.15) is 5.70 Å². The van der Waals surface area contributed by atoms with Gasteiger partial charge in [0.15, 0.2) is 0 Å². The van der Waals surface area contributed by atoms with Gasteiger partial charge in [-0.05, 0) is 56.9 Å². The molecule has 4 aromatic carbocycles. The van der Waals surface area contributed by atoms with Gasteiger partial charge in [-0.25, -0.2) is 4.79 Å². The van der Waals surface area contributed by atoms with Crippen LogP contribution in [0.2, 0.25) is 0 Å². The fourth-order valence-electron chi connectivity index (χ4n) is 3.84. The van der Waals surface area contributed by atoms with Gasteiger partial charge in [0, 0.05) is 4.47 Å². The lowest BCUT2D eigenvalue weighted by molar-refractivity contribution is -0.123. The van der Waals surface area contributed by atoms with Crippen molar-refractivity contribution in [3.05, 3.63) is 100 Å². The Kier molecular flexibility index (Phi) is 4.60. The molecule has 5 heteroatoms. The summed E-state index contributed by atoms with van der Waals surface area (Å²) in [6, 6.07) is 25.4. The van der Waals surface area contributed by atoms with Crippen LogP contribution in [0, 0.1) is 0 Å². The van der Waals surface area contributed by atoms with E-state index < -0.39 is 6.03 Å². The number of carbonyl (C=O) groups excluding carboxylic acids is 2. The molecule has 4 nitrogen and oxygen atoms in total. The first kappa shape index (κ1) is 18.6. The van der Waals surface area contributed by atoms with Crippen molar-refractivity contribution in [2.24, 2.45) is 0 Å². The first-order valence-electron chi connectivity index (χ1n) is 9.59. The number of nitrogens with zero attached hydrogens (tertiary/aromatic N) is 1. The Bertz CT molecular complexity index is 1290. The number of benzene rings is 4. The minimum Gasteiger partial charge on any atom is -0.303 e. The molecule has 0 unspecified atom stereocenters. The second kappa shape index (κ2) is 7.43. The highest BCUT2D eigenvalue weighted by Gasteiger charge is 2.33. The zero-order valence-electron chi connectivity index (χ0n) is 15.9. The maximum atomic E-state index is 13.0. The molecule has 30 heavy (non-hydrogen) atoms. The lowest BCUT2D eigenvalue weighted by atomic mass is 9.96. The third-order valence-corrected chi connectivity index (χ3v) is 5.85. The van der Waals surface area contributed by atoms with E-state index in [0.717, 1.165) is 37.1 Å². The van der Waals surface area contributed by atoms with Crippen LogP contribution in [-0.4, -0.2) is 16.8 Å². The summed E-state index contributed by atoms with van der Waals surface area (Å²) in [6.07, 6.45) is 1.80. The molecule has 0 saturated carbocycles. The molecule has 1 aliphatic rings. The second-order valence-corrected chi connectivity index (χ2v) is 8.15. The standard InChI is InChI=1S/C25H17BrN2O2/c26-19-11-9-16(10-12-19)15-28-24(29)23(27-25(28)30)14-22-20-7-3-1-5-17(20)13-18-6-2-4-8-21(18)22/h1-14H,15H2,(H,27,30)/b23-14-. The molecule has 1 aliphatic heterocycles. The number of carbonyl (C=O) groups is 2. The molecule has 0 atom stereocenters. The van der Waals surface area contributed by atoms with Gasteiger partial charge in [-0.3, -0.25) is 9.69 Å². The van der Waals surface area contributed by atoms with Gasteiger partial charge >= 0.3 is 6.03 Å². The summed E-state index contributed by atoms with van der Waals surface area (Å²) in [5.41, 5.74) is 2.11. The van der Waals surface area contributed by atoms with Crippen molar-refractivity contribution in [3.8, 4) is 0 Å². The first-order valence-corrected chi connectivity index (χ1v) is 10.4. The second-order valence-electron chi connectivity index (χ2n) is 7.24. The molecule has 0 aliphatic carbocycles. The van der Waals surface area contributed by atoms with E-state index in [1.54, 1.807) is 6.08 Å². The third-order valence-electron chi connectivity index (χ3n) is 5.32. The number of imide groups is 1. The summed E-state index contributed by atoms with van der Waals surface area (Å²) in [5, 5.41) is 7.01. The number of fused-ring (bicyclic) bond motifs is 2. The van der Waals surface area contributed by atoms with E-state index >= 15 is 0 Å². The van der Waals surface area contributed by atoms with Crippen LogP contribution in [0.15, 0.2) is 89.0 Å². The molecule has 1 N–H and O–H groups in total. The molecule has 1 fully saturated rings. The topological polar surface area (TPSA) is 49.4 Å². The fraction of sp³-hybridized carbons (Fsp3) is 0.0400. The quantitative estimate of drug-likeness (QED) is 0.239. The molecular weight excluding hydrogens is 440 g/mol. The first-order chi connectivity index (χ1) is 14.6. The van der Waals surface area contributed by atoms with Crippen molar-refractivity contribution in [1.29, 1.82) is 0 Å². The molecule has 5 rings (SSSR count). The van der Waals surface area contributed by atoms with E-state index in [2.05, 4.69) is 39.4 Å². The zero-order valence-corrected chi connectivity index (χ0v) is 17.5. The molecule has 0 radical (unpaired) electrons. The maximum Gasteiger partial charge on any atom is 0.329 e. The van der Waals surface area contributed by atoms with E-state index in [1.165, 1.54) is 4.90 Å². The summed E-state index contributed by atoms with van der Waals surface area (Å²) in [7, 11) is 0. The molecule has 1 saturated heterocycles. The van der Waals surface area contributed by atoms with Crippen LogP contribution in [0.4, 0.5) is 4.79 Å². The molecule has 1 heterocycles. The average Bonchev–Trinajstić information content (AvgIpc) is 3.02. The number of urea groups is 1. The van der Waals surface area contributed by atoms with Gasteiger partial charge in [0.05, 0.1) is 6.54 Å². The normalized spacial score (nSPS) is 15.4. The predicted octanol–water partition coefficient (Wildman–Crippen LogP) is 5.85. The van der Waals surface area contributed by atoms with E-state index in [-0.39, 0.29) is 12.5 Å². The summed E-state index contributed by atoms with van der Waals surface area (Å²) in [6.45, 7) is 0.228. The Morgan fingerprint density at radius 2 is 1.43 bits per heavy atom. The Labute approximate surface area is 181 Å². The highest BCUT2D eigenvalue weighted by Crippen LogP contribution is 2.31. The molecule has 4 aromatic rings. The van der Waals surface area contributed by atoms with Crippen LogP contribution in [0.3, 0.4) is 0 Å². The van der Waals surface area contributed by atoms with Crippen molar-refractivity contribution in [3.63, 3.8) is 0 Å². The monoisotopic (exact) mass is 456 g/mol. The van der Waals surface area contributed by atoms with Gasteiger partial charge < -0.3 is 5.32 Å². The number of rotatable bonds is 3. The molecule has 0 aromatic heterocycles. The van der Waals surface area contributed by atoms with Gasteiger partial charge in [-0.2, -0.15) is 0 Å². The van der Waals surface area contributed by atoms with Crippen LogP contribution < -0.4 is 5.32 Å². The average molecular weight is 457 g/mol. The minimum absolute atomic E-state index is 0.228. The molecule has 146 valence electrons. The van der Waals surface area contributed by atoms with Crippen molar-refractivity contribution < 1.29 is 9.59 Å². The van der Waals surface area contributed by atoms with E-state index in [9.17, 15) is 9.59 Å². The smallest absolute Gasteiger partial charge is 0.303 e. The Balaban J connectivity index is 1.58. The van der Waals surface area contributed by atoms with E-state index in [0.29, 0.717) is 5.70 Å². The number of nitrogens with one attached hydrogen (secondary N) is 1. The van der Waals surface area contributed by atoms with Crippen molar-refractivity contribution in [2.75, 3.05) is 0 Å². The van der Waals surface area contributed by atoms with Crippen LogP contribution in [-0.2, 0) is 11.3 Å². The molecule has 0 spiro atoms. The van der Waals surface area contributed by atoms with Crippen LogP contribution in [0.1, 0.15) is 11.1 Å². The lowest BCUT2D eigenvalue weighted by Gasteiger charge is -2.12. The fourth-order valence-corrected chi connectivity index (χ4v) is 4.10. The summed E-state index contributed by atoms with van der Waals surface area (Å²) < 4.78 is 0.951. The van der Waals surface area contributed by atoms with Crippen LogP contribution in [0.25, 0.3) is 27.6 Å². The Morgan fingerprint density at radius 1 is 0.833 bits per heavy atom. The van der Waals surface area contributed by atoms with E-state index in [1.807, 2.05) is 60.7 Å². The number of hydrogen-bond donors (Lipinski definition) is 1. The Hall–Kier alpha value is -3.44. The van der Waals surface area contributed by atoms with Crippen LogP contribution in [0.5, 0.6) is 0 Å². The van der Waals surface area contributed by atoms with Crippen molar-refractivity contribution >= 4 is 55.5 Å². The largest absolute Gasteiger partial charge is 0.329 e. The lowest BCUT2D eigenvalue weighted by Crippen LogP contribution is -2.30. The van der Waals surface area contributed by atoms with Gasteiger partial charge in [-0.15, -0.1) is 0 Å². The van der Waals surface area contributed by atoms with Gasteiger partial charge in [0.2, 0.25) is 0 Å². The van der Waals surface area contributed by atoms with Crippen LogP contribution >= 0.6 is 15.9 Å². The maximum absolute atomic E-state index is 13.0. The number of amides is 3. The van der Waals surface area contributed by atoms with Crippen molar-refractivity contribution in [1.82, 2.24) is 10.2 Å². The van der Waals surface area contributed by atoms with Gasteiger partial charge in [-0.1, -0.05) is 76.6 Å². The highest BCUT2D eigenvalue weighted by molar-refractivity contribution is 9.10. The molecule has 0 bridgehead atoms. The Morgan fingerprint density at radius 3 is 2.07 bits per heavy atom. The summed E-state index contributed by atoms with van der Waals surface area (Å²) in [4.78, 5) is 26.8. The number of halogens is 1. The minimum atomic E-state index is -0.404. The third kappa shape index (κ3) is 3.27. The SMILES string of the molecule is O=C1N/C(=C\c2c3ccccc3cc3ccccc23)C(=O)N1Cc1ccc(Br)cc1. The summed E-state index contributed by atoms with van der Waals surface area (Å²) in [5.74, 6) is -0.320. The highest BCUT2D eigenvalue weighted by atomic mass is 79.9. The molecule has 3 amide bonds. The summed E-state index contributed by atoms with van der Waals surface area (Å²) >= 11 is 3.40. The van der Waals surface area contributed by atoms with E-state index in [4.69, 9.17) is 0 Å². The predicted molar refractivity (Wildman–Crippen MR) is 123 cm³/mol. The zero-order chi connectivity index (χ0) is 20.7. The van der Waals surface area contributed by atoms with Gasteiger partial charge in [0.25, 0.3) is 5.91 Å².